The maximum Gasteiger partial charge on any atom is 0.416 e. The third kappa shape index (κ3) is 15.7. The van der Waals surface area contributed by atoms with Crippen molar-refractivity contribution in [2.45, 2.75) is 50.4 Å². The molecule has 12 nitrogen and oxygen atoms in total. The van der Waals surface area contributed by atoms with Crippen LogP contribution in [-0.2, 0) is 69.6 Å². The second-order valence-electron chi connectivity index (χ2n) is 19.4. The van der Waals surface area contributed by atoms with E-state index < -0.39 is 106 Å². The summed E-state index contributed by atoms with van der Waals surface area (Å²) in [6.07, 6.45) is -17.7. The van der Waals surface area contributed by atoms with E-state index in [0.717, 1.165) is 48.5 Å². The lowest BCUT2D eigenvalue weighted by molar-refractivity contribution is -0.138. The van der Waals surface area contributed by atoms with Crippen molar-refractivity contribution in [1.82, 2.24) is 31.1 Å². The van der Waals surface area contributed by atoms with Crippen molar-refractivity contribution in [2.24, 2.45) is 23.7 Å². The van der Waals surface area contributed by atoms with Crippen molar-refractivity contribution in [3.8, 4) is 0 Å². The minimum atomic E-state index is -4.55. The summed E-state index contributed by atoms with van der Waals surface area (Å²) >= 11 is 0. The summed E-state index contributed by atoms with van der Waals surface area (Å²) in [6, 6.07) is 22.5. The van der Waals surface area contributed by atoms with Crippen LogP contribution in [0, 0.1) is 23.7 Å². The van der Waals surface area contributed by atoms with Crippen LogP contribution in [0.2, 0.25) is 0 Å². The van der Waals surface area contributed by atoms with Crippen LogP contribution in [-0.4, -0.2) is 97.6 Å². The lowest BCUT2D eigenvalue weighted by atomic mass is 9.94. The van der Waals surface area contributed by atoms with Crippen LogP contribution in [0.3, 0.4) is 0 Å². The van der Waals surface area contributed by atoms with E-state index in [1.54, 1.807) is 0 Å². The van der Waals surface area contributed by atoms with Crippen molar-refractivity contribution in [1.29, 1.82) is 0 Å². The van der Waals surface area contributed by atoms with Crippen LogP contribution < -0.4 is 21.3 Å². The highest BCUT2D eigenvalue weighted by molar-refractivity contribution is 6.00. The second kappa shape index (κ2) is 25.0. The average molecular weight is 1130 g/mol. The van der Waals surface area contributed by atoms with Gasteiger partial charge in [0.2, 0.25) is 23.6 Å². The fraction of sp³-hybridized carbons (Fsp3) is 0.357. The van der Waals surface area contributed by atoms with Gasteiger partial charge < -0.3 is 31.1 Å². The zero-order chi connectivity index (χ0) is 58.2. The quantitative estimate of drug-likeness (QED) is 0.0645. The molecule has 2 aliphatic rings. The maximum atomic E-state index is 14.0. The van der Waals surface area contributed by atoms with Crippen LogP contribution in [0.5, 0.6) is 0 Å². The zero-order valence-electron chi connectivity index (χ0n) is 42.2. The van der Waals surface area contributed by atoms with Gasteiger partial charge in [0.15, 0.2) is 0 Å². The van der Waals surface area contributed by atoms with Crippen LogP contribution in [0.1, 0.15) is 65.2 Å². The highest BCUT2D eigenvalue weighted by atomic mass is 19.4. The molecule has 0 saturated carbocycles. The predicted molar refractivity (Wildman–Crippen MR) is 265 cm³/mol. The van der Waals surface area contributed by atoms with Gasteiger partial charge in [0.25, 0.3) is 11.8 Å². The van der Waals surface area contributed by atoms with E-state index in [2.05, 4.69) is 21.3 Å². The van der Waals surface area contributed by atoms with Gasteiger partial charge in [0, 0.05) is 63.5 Å². The molecular weight excluding hydrogens is 1080 g/mol. The molecule has 0 radical (unpaired) electrons. The van der Waals surface area contributed by atoms with Crippen molar-refractivity contribution < 1.29 is 81.5 Å². The number of carbonyl (C=O) groups is 6. The molecule has 5 aromatic rings. The molecule has 0 spiro atoms. The molecule has 0 bridgehead atoms. The van der Waals surface area contributed by atoms with E-state index in [-0.39, 0.29) is 89.2 Å². The van der Waals surface area contributed by atoms with Crippen molar-refractivity contribution in [2.75, 3.05) is 52.4 Å². The predicted octanol–water partition coefficient (Wildman–Crippen LogP) is 8.57. The fourth-order valence-corrected chi connectivity index (χ4v) is 9.41. The summed E-state index contributed by atoms with van der Waals surface area (Å²) in [6.45, 7) is -1.24. The molecule has 24 heteroatoms. The van der Waals surface area contributed by atoms with Gasteiger partial charge in [-0.05, 0) is 121 Å². The molecule has 426 valence electrons. The van der Waals surface area contributed by atoms with E-state index >= 15 is 0 Å². The number of nitrogens with zero attached hydrogens (tertiary/aromatic N) is 2. The van der Waals surface area contributed by atoms with Crippen molar-refractivity contribution in [3.63, 3.8) is 0 Å². The van der Waals surface area contributed by atoms with Gasteiger partial charge in [-0.15, -0.1) is 0 Å². The zero-order valence-corrected chi connectivity index (χ0v) is 42.2. The van der Waals surface area contributed by atoms with Crippen molar-refractivity contribution in [3.05, 3.63) is 177 Å². The summed E-state index contributed by atoms with van der Waals surface area (Å²) in [5.74, 6) is -8.35. The molecule has 4 atom stereocenters. The Morgan fingerprint density at radius 2 is 0.512 bits per heavy atom. The summed E-state index contributed by atoms with van der Waals surface area (Å²) < 4.78 is 157. The van der Waals surface area contributed by atoms with Gasteiger partial charge in [-0.1, -0.05) is 48.5 Å². The molecule has 2 heterocycles. The van der Waals surface area contributed by atoms with Crippen LogP contribution in [0.15, 0.2) is 121 Å². The Hall–Kier alpha value is -7.92. The molecule has 6 amide bonds. The molecule has 0 aliphatic carbocycles. The molecule has 0 aromatic heterocycles. The summed E-state index contributed by atoms with van der Waals surface area (Å²) in [5, 5.41) is 10.7. The third-order valence-corrected chi connectivity index (χ3v) is 13.9. The van der Waals surface area contributed by atoms with E-state index in [1.165, 1.54) is 82.6 Å². The van der Waals surface area contributed by atoms with Gasteiger partial charge in [0.1, 0.15) is 0 Å². The lowest BCUT2D eigenvalue weighted by Gasteiger charge is -2.18. The van der Waals surface area contributed by atoms with Crippen LogP contribution in [0.4, 0.5) is 52.7 Å². The molecule has 2 aliphatic heterocycles. The highest BCUT2D eigenvalue weighted by Gasteiger charge is 2.45. The normalized spacial score (nSPS) is 17.7. The Bertz CT molecular complexity index is 2620. The van der Waals surface area contributed by atoms with Gasteiger partial charge in [-0.3, -0.25) is 28.8 Å². The number of amides is 6. The molecule has 0 unspecified atom stereocenters. The SMILES string of the molecule is O=C(NCCc1ccc(C(F)(F)F)cc1)[C@H]1CN(C(=O)c2ccc(C(=O)N3C[C@H](C(=O)NCCc4ccc(C(F)(F)F)cc4)[C@@H](C(=O)NCCc4ccc(C(F)(F)F)cc4)C3)cc2)C[C@@H]1C(=O)NCCc1ccc(C(F)(F)F)cc1. The first-order valence-corrected chi connectivity index (χ1v) is 25.1. The minimum absolute atomic E-state index is 0.0309. The molecular formula is C56H52F12N6O6. The smallest absolute Gasteiger partial charge is 0.355 e. The molecule has 7 rings (SSSR count). The molecule has 5 aromatic carbocycles. The van der Waals surface area contributed by atoms with E-state index in [1.807, 2.05) is 0 Å². The average Bonchev–Trinajstić information content (AvgIpc) is 4.13. The number of rotatable bonds is 18. The monoisotopic (exact) mass is 1130 g/mol. The first-order chi connectivity index (χ1) is 37.6. The van der Waals surface area contributed by atoms with Crippen molar-refractivity contribution >= 4 is 35.4 Å². The molecule has 80 heavy (non-hydrogen) atoms. The first-order valence-electron chi connectivity index (χ1n) is 25.1. The Morgan fingerprint density at radius 3 is 0.688 bits per heavy atom. The first kappa shape index (κ1) is 59.7. The lowest BCUT2D eigenvalue weighted by Crippen LogP contribution is -2.42. The molecule has 2 fully saturated rings. The maximum absolute atomic E-state index is 14.0. The van der Waals surface area contributed by atoms with Gasteiger partial charge in [-0.25, -0.2) is 0 Å². The Kier molecular flexibility index (Phi) is 18.7. The topological polar surface area (TPSA) is 157 Å². The van der Waals surface area contributed by atoms with E-state index in [9.17, 15) is 81.5 Å². The molecule has 4 N–H and O–H groups in total. The van der Waals surface area contributed by atoms with Gasteiger partial charge in [0.05, 0.1) is 45.9 Å². The van der Waals surface area contributed by atoms with Crippen LogP contribution >= 0.6 is 0 Å². The minimum Gasteiger partial charge on any atom is -0.355 e. The Balaban J connectivity index is 1.01. The number of carbonyl (C=O) groups excluding carboxylic acids is 6. The summed E-state index contributed by atoms with van der Waals surface area (Å²) in [4.78, 5) is 85.4. The number of nitrogens with one attached hydrogen (secondary N) is 4. The number of alkyl halides is 12. The van der Waals surface area contributed by atoms with Gasteiger partial charge >= 0.3 is 24.7 Å². The number of hydrogen-bond acceptors (Lipinski definition) is 6. The summed E-state index contributed by atoms with van der Waals surface area (Å²) in [7, 11) is 0. The second-order valence-corrected chi connectivity index (χ2v) is 19.4. The van der Waals surface area contributed by atoms with Gasteiger partial charge in [-0.2, -0.15) is 52.7 Å². The van der Waals surface area contributed by atoms with Crippen LogP contribution in [0.25, 0.3) is 0 Å². The Labute approximate surface area is 450 Å². The van der Waals surface area contributed by atoms with E-state index in [4.69, 9.17) is 0 Å². The third-order valence-electron chi connectivity index (χ3n) is 13.9. The fourth-order valence-electron chi connectivity index (χ4n) is 9.41. The number of benzene rings is 5. The number of hydrogen-bond donors (Lipinski definition) is 4. The Morgan fingerprint density at radius 1 is 0.325 bits per heavy atom. The standard InChI is InChI=1S/C56H52F12N6O6/c57-53(58,59)39-13-1-33(2-14-39)21-25-69-47(75)43-29-73(30-44(43)48(76)70-26-22-34-3-15-40(16-4-34)54(60,61)62)51(79)37-9-11-38(12-10-37)52(80)74-31-45(49(77)71-27-23-35-5-17-41(18-6-35)55(63,64)65)46(32-74)50(78)72-28-24-36-7-19-42(20-8-36)56(66,67)68/h1-20,43-46H,21-32H2,(H,69,75)(H,70,76)(H,71,77)(H,72,78)/t43-,44-,45-,46-/m0/s1. The largest absolute Gasteiger partial charge is 0.416 e. The summed E-state index contributed by atoms with van der Waals surface area (Å²) in [5.41, 5.74) is -1.48. The highest BCUT2D eigenvalue weighted by Crippen LogP contribution is 2.33. The van der Waals surface area contributed by atoms with E-state index in [0.29, 0.717) is 22.3 Å². The molecule has 2 saturated heterocycles. The number of likely N-dealkylation sites (tertiary alicyclic amines) is 2. The number of halogens is 12.